The van der Waals surface area contributed by atoms with Gasteiger partial charge in [-0.2, -0.15) is 0 Å². The van der Waals surface area contributed by atoms with Gasteiger partial charge in [-0.25, -0.2) is 13.1 Å². The summed E-state index contributed by atoms with van der Waals surface area (Å²) in [6.45, 7) is 2.44. The van der Waals surface area contributed by atoms with Gasteiger partial charge in [-0.05, 0) is 24.1 Å². The van der Waals surface area contributed by atoms with Crippen molar-refractivity contribution in [2.24, 2.45) is 5.92 Å². The van der Waals surface area contributed by atoms with Crippen molar-refractivity contribution in [2.75, 3.05) is 26.9 Å². The molecule has 0 saturated carbocycles. The summed E-state index contributed by atoms with van der Waals surface area (Å²) in [5.41, 5.74) is 0.548. The first-order chi connectivity index (χ1) is 9.49. The number of benzene rings is 1. The van der Waals surface area contributed by atoms with Crippen molar-refractivity contribution >= 4 is 10.0 Å². The number of aliphatic hydroxyl groups is 1. The van der Waals surface area contributed by atoms with Gasteiger partial charge in [0, 0.05) is 25.8 Å². The van der Waals surface area contributed by atoms with Gasteiger partial charge < -0.3 is 9.84 Å². The molecule has 0 heterocycles. The Morgan fingerprint density at radius 2 is 2.20 bits per heavy atom. The standard InChI is InChI=1S/C14H19NO4S/c1-12(11-19-2)10-15-20(17,18)14-7-3-5-13(9-14)6-4-8-16/h3,5,7,9,12,15-16H,8,10-11H2,1-2H3. The number of nitrogens with one attached hydrogen (secondary N) is 1. The van der Waals surface area contributed by atoms with Crippen molar-refractivity contribution in [1.82, 2.24) is 4.72 Å². The molecule has 1 aromatic rings. The van der Waals surface area contributed by atoms with Gasteiger partial charge in [0.2, 0.25) is 10.0 Å². The maximum atomic E-state index is 12.1. The molecule has 0 radical (unpaired) electrons. The van der Waals surface area contributed by atoms with Gasteiger partial charge in [-0.3, -0.25) is 0 Å². The Balaban J connectivity index is 2.82. The maximum absolute atomic E-state index is 12.1. The minimum atomic E-state index is -3.56. The molecule has 1 rings (SSSR count). The summed E-state index contributed by atoms with van der Waals surface area (Å²) in [5.74, 6) is 5.25. The van der Waals surface area contributed by atoms with Crippen molar-refractivity contribution in [3.8, 4) is 11.8 Å². The lowest BCUT2D eigenvalue weighted by molar-refractivity contribution is 0.161. The third-order valence-electron chi connectivity index (χ3n) is 2.53. The summed E-state index contributed by atoms with van der Waals surface area (Å²) >= 11 is 0. The smallest absolute Gasteiger partial charge is 0.240 e. The number of aliphatic hydroxyl groups excluding tert-OH is 1. The number of hydrogen-bond donors (Lipinski definition) is 2. The van der Waals surface area contributed by atoms with Crippen LogP contribution in [0.1, 0.15) is 12.5 Å². The highest BCUT2D eigenvalue weighted by Crippen LogP contribution is 2.11. The Kier molecular flexibility index (Phi) is 6.68. The fourth-order valence-electron chi connectivity index (χ4n) is 1.56. The van der Waals surface area contributed by atoms with E-state index in [2.05, 4.69) is 16.6 Å². The van der Waals surface area contributed by atoms with E-state index in [-0.39, 0.29) is 17.4 Å². The molecule has 2 N–H and O–H groups in total. The van der Waals surface area contributed by atoms with E-state index < -0.39 is 10.0 Å². The van der Waals surface area contributed by atoms with Crippen LogP contribution in [0.3, 0.4) is 0 Å². The van der Waals surface area contributed by atoms with E-state index in [1.54, 1.807) is 19.2 Å². The van der Waals surface area contributed by atoms with Crippen molar-refractivity contribution < 1.29 is 18.3 Å². The third-order valence-corrected chi connectivity index (χ3v) is 3.95. The molecule has 0 aliphatic heterocycles. The van der Waals surface area contributed by atoms with Crippen molar-refractivity contribution in [3.63, 3.8) is 0 Å². The topological polar surface area (TPSA) is 75.6 Å². The molecule has 110 valence electrons. The van der Waals surface area contributed by atoms with Gasteiger partial charge in [-0.15, -0.1) is 0 Å². The molecule has 1 aromatic carbocycles. The molecule has 0 bridgehead atoms. The number of methoxy groups -OCH3 is 1. The highest BCUT2D eigenvalue weighted by molar-refractivity contribution is 7.89. The molecule has 0 amide bonds. The van der Waals surface area contributed by atoms with E-state index >= 15 is 0 Å². The minimum Gasteiger partial charge on any atom is -0.384 e. The molecular weight excluding hydrogens is 278 g/mol. The Morgan fingerprint density at radius 1 is 1.45 bits per heavy atom. The van der Waals surface area contributed by atoms with Gasteiger partial charge in [0.1, 0.15) is 6.61 Å². The zero-order valence-corrected chi connectivity index (χ0v) is 12.4. The van der Waals surface area contributed by atoms with Crippen LogP contribution in [0.25, 0.3) is 0 Å². The first-order valence-corrected chi connectivity index (χ1v) is 7.66. The molecule has 0 aliphatic carbocycles. The summed E-state index contributed by atoms with van der Waals surface area (Å²) in [5, 5.41) is 8.64. The SMILES string of the molecule is COCC(C)CNS(=O)(=O)c1cccc(C#CCO)c1. The summed E-state index contributed by atoms with van der Waals surface area (Å²) in [6.07, 6.45) is 0. The molecule has 0 spiro atoms. The fourth-order valence-corrected chi connectivity index (χ4v) is 2.77. The second-order valence-electron chi connectivity index (χ2n) is 4.40. The summed E-state index contributed by atoms with van der Waals surface area (Å²) in [7, 11) is -1.98. The first kappa shape index (κ1) is 16.7. The van der Waals surface area contributed by atoms with Gasteiger partial charge in [0.25, 0.3) is 0 Å². The number of rotatable bonds is 6. The van der Waals surface area contributed by atoms with E-state index in [4.69, 9.17) is 9.84 Å². The Bertz CT molecular complexity index is 587. The Labute approximate surface area is 120 Å². The quantitative estimate of drug-likeness (QED) is 0.754. The van der Waals surface area contributed by atoms with E-state index in [1.807, 2.05) is 6.92 Å². The summed E-state index contributed by atoms with van der Waals surface area (Å²) < 4.78 is 31.7. The van der Waals surface area contributed by atoms with Crippen LogP contribution in [-0.4, -0.2) is 40.4 Å². The molecule has 0 aromatic heterocycles. The van der Waals surface area contributed by atoms with Crippen LogP contribution < -0.4 is 4.72 Å². The normalized spacial score (nSPS) is 12.6. The largest absolute Gasteiger partial charge is 0.384 e. The predicted octanol–water partition coefficient (Wildman–Crippen LogP) is 0.591. The average molecular weight is 297 g/mol. The van der Waals surface area contributed by atoms with Gasteiger partial charge in [-0.1, -0.05) is 24.8 Å². The molecule has 0 fully saturated rings. The molecule has 5 nitrogen and oxygen atoms in total. The summed E-state index contributed by atoms with van der Waals surface area (Å²) in [4.78, 5) is 0.159. The van der Waals surface area contributed by atoms with Crippen molar-refractivity contribution in [3.05, 3.63) is 29.8 Å². The lowest BCUT2D eigenvalue weighted by Gasteiger charge is -2.12. The minimum absolute atomic E-state index is 0.0899. The molecule has 0 saturated heterocycles. The second-order valence-corrected chi connectivity index (χ2v) is 6.17. The average Bonchev–Trinajstić information content (AvgIpc) is 2.44. The number of ether oxygens (including phenoxy) is 1. The van der Waals surface area contributed by atoms with Crippen LogP contribution in [0, 0.1) is 17.8 Å². The van der Waals surface area contributed by atoms with Crippen LogP contribution in [-0.2, 0) is 14.8 Å². The van der Waals surface area contributed by atoms with E-state index in [9.17, 15) is 8.42 Å². The monoisotopic (exact) mass is 297 g/mol. The number of sulfonamides is 1. The van der Waals surface area contributed by atoms with Gasteiger partial charge >= 0.3 is 0 Å². The zero-order chi connectivity index (χ0) is 15.0. The molecular formula is C14H19NO4S. The zero-order valence-electron chi connectivity index (χ0n) is 11.6. The van der Waals surface area contributed by atoms with Crippen LogP contribution in [0.2, 0.25) is 0 Å². The summed E-state index contributed by atoms with van der Waals surface area (Å²) in [6, 6.07) is 6.29. The van der Waals surface area contributed by atoms with E-state index in [0.29, 0.717) is 18.7 Å². The number of hydrogen-bond acceptors (Lipinski definition) is 4. The van der Waals surface area contributed by atoms with Crippen LogP contribution in [0.5, 0.6) is 0 Å². The van der Waals surface area contributed by atoms with Crippen LogP contribution in [0.15, 0.2) is 29.2 Å². The van der Waals surface area contributed by atoms with Crippen molar-refractivity contribution in [2.45, 2.75) is 11.8 Å². The molecule has 20 heavy (non-hydrogen) atoms. The fraction of sp³-hybridized carbons (Fsp3) is 0.429. The highest BCUT2D eigenvalue weighted by Gasteiger charge is 2.15. The lowest BCUT2D eigenvalue weighted by Crippen LogP contribution is -2.30. The van der Waals surface area contributed by atoms with Crippen LogP contribution >= 0.6 is 0 Å². The molecule has 1 atom stereocenters. The molecule has 6 heteroatoms. The van der Waals surface area contributed by atoms with Gasteiger partial charge in [0.15, 0.2) is 0 Å². The highest BCUT2D eigenvalue weighted by atomic mass is 32.2. The predicted molar refractivity (Wildman–Crippen MR) is 76.6 cm³/mol. The van der Waals surface area contributed by atoms with Crippen LogP contribution in [0.4, 0.5) is 0 Å². The second kappa shape index (κ2) is 8.02. The Morgan fingerprint density at radius 3 is 2.85 bits per heavy atom. The first-order valence-electron chi connectivity index (χ1n) is 6.18. The Hall–Kier alpha value is -1.39. The lowest BCUT2D eigenvalue weighted by atomic mass is 10.2. The van der Waals surface area contributed by atoms with Crippen molar-refractivity contribution in [1.29, 1.82) is 0 Å². The van der Waals surface area contributed by atoms with E-state index in [0.717, 1.165) is 0 Å². The molecule has 1 unspecified atom stereocenters. The maximum Gasteiger partial charge on any atom is 0.240 e. The third kappa shape index (κ3) is 5.31. The molecule has 0 aliphatic rings. The van der Waals surface area contributed by atoms with E-state index in [1.165, 1.54) is 12.1 Å². The van der Waals surface area contributed by atoms with Gasteiger partial charge in [0.05, 0.1) is 4.90 Å².